The normalized spacial score (nSPS) is 18.8. The van der Waals surface area contributed by atoms with E-state index in [0.717, 1.165) is 17.4 Å². The summed E-state index contributed by atoms with van der Waals surface area (Å²) in [4.78, 5) is 11.0. The summed E-state index contributed by atoms with van der Waals surface area (Å²) >= 11 is 0. The van der Waals surface area contributed by atoms with Gasteiger partial charge in [-0.15, -0.1) is 0 Å². The molecule has 2 rings (SSSR count). The van der Waals surface area contributed by atoms with Crippen LogP contribution in [0.2, 0.25) is 0 Å². The maximum absolute atomic E-state index is 11.0. The Hall–Kier alpha value is -1.89. The first-order valence-corrected chi connectivity index (χ1v) is 8.05. The quantitative estimate of drug-likeness (QED) is 0.398. The molecule has 0 fully saturated rings. The average Bonchev–Trinajstić information content (AvgIpc) is 2.46. The van der Waals surface area contributed by atoms with Crippen molar-refractivity contribution in [1.29, 1.82) is 0 Å². The fraction of sp³-hybridized carbons (Fsp3) is 0.381. The van der Waals surface area contributed by atoms with Crippen LogP contribution < -0.4 is 0 Å². The van der Waals surface area contributed by atoms with Crippen molar-refractivity contribution in [3.05, 3.63) is 64.8 Å². The number of rotatable bonds is 4. The maximum atomic E-state index is 11.0. The van der Waals surface area contributed by atoms with Gasteiger partial charge in [0, 0.05) is 0 Å². The Morgan fingerprint density at radius 1 is 1.14 bits per heavy atom. The molecule has 1 aliphatic rings. The number of benzene rings is 1. The zero-order chi connectivity index (χ0) is 16.2. The van der Waals surface area contributed by atoms with E-state index < -0.39 is 0 Å². The number of hydrogen-bond acceptors (Lipinski definition) is 1. The summed E-state index contributed by atoms with van der Waals surface area (Å²) in [6.07, 6.45) is 10.5. The standard InChI is InChI=1S/C21H26O/c1-16-7-9-18(10-8-16)19(13-15-22)11-12-20-17(2)6-5-14-21(20,3)4/h7-13,15H,5-6,14H2,1-4H3/b12-11+,19-13-. The number of carbonyl (C=O) groups excluding carboxylic acids is 1. The van der Waals surface area contributed by atoms with Crippen molar-refractivity contribution < 1.29 is 4.79 Å². The van der Waals surface area contributed by atoms with Gasteiger partial charge in [-0.3, -0.25) is 4.79 Å². The van der Waals surface area contributed by atoms with Crippen molar-refractivity contribution in [2.45, 2.75) is 47.0 Å². The summed E-state index contributed by atoms with van der Waals surface area (Å²) in [5.41, 5.74) is 6.39. The highest BCUT2D eigenvalue weighted by Crippen LogP contribution is 2.41. The molecule has 0 aliphatic heterocycles. The molecule has 0 bridgehead atoms. The third-order valence-corrected chi connectivity index (χ3v) is 4.60. The summed E-state index contributed by atoms with van der Waals surface area (Å²) in [6, 6.07) is 8.30. The third-order valence-electron chi connectivity index (χ3n) is 4.60. The molecular formula is C21H26O. The summed E-state index contributed by atoms with van der Waals surface area (Å²) in [6.45, 7) is 8.92. The Bertz CT molecular complexity index is 624. The minimum atomic E-state index is 0.221. The molecule has 0 amide bonds. The Balaban J connectivity index is 2.34. The minimum absolute atomic E-state index is 0.221. The topological polar surface area (TPSA) is 17.1 Å². The molecule has 1 aromatic rings. The number of carbonyl (C=O) groups is 1. The van der Waals surface area contributed by atoms with Crippen LogP contribution in [0.5, 0.6) is 0 Å². The SMILES string of the molecule is CC1=C(/C=C/C(=C/C=O)c2ccc(C)cc2)C(C)(C)CCC1. The maximum Gasteiger partial charge on any atom is 0.143 e. The highest BCUT2D eigenvalue weighted by atomic mass is 16.1. The average molecular weight is 294 g/mol. The van der Waals surface area contributed by atoms with E-state index in [1.165, 1.54) is 36.0 Å². The number of aldehydes is 1. The molecular weight excluding hydrogens is 268 g/mol. The number of allylic oxidation sites excluding steroid dienone is 6. The van der Waals surface area contributed by atoms with Crippen LogP contribution in [0.3, 0.4) is 0 Å². The Morgan fingerprint density at radius 2 is 1.82 bits per heavy atom. The Morgan fingerprint density at radius 3 is 2.41 bits per heavy atom. The zero-order valence-electron chi connectivity index (χ0n) is 14.1. The molecule has 0 radical (unpaired) electrons. The van der Waals surface area contributed by atoms with Crippen molar-refractivity contribution in [1.82, 2.24) is 0 Å². The zero-order valence-corrected chi connectivity index (χ0v) is 14.1. The van der Waals surface area contributed by atoms with Crippen molar-refractivity contribution in [2.24, 2.45) is 5.41 Å². The lowest BCUT2D eigenvalue weighted by Crippen LogP contribution is -2.19. The lowest BCUT2D eigenvalue weighted by molar-refractivity contribution is -0.104. The van der Waals surface area contributed by atoms with Gasteiger partial charge in [0.05, 0.1) is 0 Å². The number of aryl methyl sites for hydroxylation is 1. The molecule has 0 N–H and O–H groups in total. The van der Waals surface area contributed by atoms with E-state index in [1.54, 1.807) is 6.08 Å². The lowest BCUT2D eigenvalue weighted by atomic mass is 9.72. The van der Waals surface area contributed by atoms with E-state index in [2.05, 4.69) is 64.1 Å². The molecule has 0 atom stereocenters. The van der Waals surface area contributed by atoms with Crippen LogP contribution in [0.25, 0.3) is 5.57 Å². The van der Waals surface area contributed by atoms with E-state index in [4.69, 9.17) is 0 Å². The molecule has 1 aromatic carbocycles. The highest BCUT2D eigenvalue weighted by molar-refractivity contribution is 5.86. The second-order valence-electron chi connectivity index (χ2n) is 6.89. The van der Waals surface area contributed by atoms with Gasteiger partial charge < -0.3 is 0 Å². The molecule has 1 heteroatoms. The Kier molecular flexibility index (Phi) is 5.18. The van der Waals surface area contributed by atoms with Gasteiger partial charge in [0.15, 0.2) is 0 Å². The van der Waals surface area contributed by atoms with Crippen LogP contribution in [-0.4, -0.2) is 6.29 Å². The monoisotopic (exact) mass is 294 g/mol. The molecule has 0 saturated carbocycles. The summed E-state index contributed by atoms with van der Waals surface area (Å²) < 4.78 is 0. The van der Waals surface area contributed by atoms with Crippen LogP contribution in [-0.2, 0) is 4.79 Å². The third kappa shape index (κ3) is 3.85. The minimum Gasteiger partial charge on any atom is -0.299 e. The van der Waals surface area contributed by atoms with Gasteiger partial charge in [-0.2, -0.15) is 0 Å². The van der Waals surface area contributed by atoms with Crippen molar-refractivity contribution >= 4 is 11.9 Å². The first kappa shape index (κ1) is 16.5. The van der Waals surface area contributed by atoms with Crippen LogP contribution in [0, 0.1) is 12.3 Å². The lowest BCUT2D eigenvalue weighted by Gasteiger charge is -2.33. The van der Waals surface area contributed by atoms with Gasteiger partial charge in [-0.1, -0.05) is 61.4 Å². The van der Waals surface area contributed by atoms with Gasteiger partial charge >= 0.3 is 0 Å². The molecule has 0 spiro atoms. The fourth-order valence-corrected chi connectivity index (χ4v) is 3.25. The fourth-order valence-electron chi connectivity index (χ4n) is 3.25. The molecule has 0 aromatic heterocycles. The van der Waals surface area contributed by atoms with Crippen molar-refractivity contribution in [3.8, 4) is 0 Å². The Labute approximate surface area is 134 Å². The first-order chi connectivity index (χ1) is 10.4. The number of hydrogen-bond donors (Lipinski definition) is 0. The van der Waals surface area contributed by atoms with Crippen molar-refractivity contribution in [2.75, 3.05) is 0 Å². The van der Waals surface area contributed by atoms with Gasteiger partial charge in [-0.25, -0.2) is 0 Å². The van der Waals surface area contributed by atoms with Crippen LogP contribution >= 0.6 is 0 Å². The molecule has 22 heavy (non-hydrogen) atoms. The van der Waals surface area contributed by atoms with Gasteiger partial charge in [0.2, 0.25) is 0 Å². The highest BCUT2D eigenvalue weighted by Gasteiger charge is 2.26. The van der Waals surface area contributed by atoms with E-state index in [9.17, 15) is 4.79 Å². The summed E-state index contributed by atoms with van der Waals surface area (Å²) in [7, 11) is 0. The second kappa shape index (κ2) is 6.91. The van der Waals surface area contributed by atoms with Crippen LogP contribution in [0.4, 0.5) is 0 Å². The molecule has 116 valence electrons. The van der Waals surface area contributed by atoms with Crippen LogP contribution in [0.1, 0.15) is 51.2 Å². The molecule has 1 aliphatic carbocycles. The molecule has 0 heterocycles. The summed E-state index contributed by atoms with van der Waals surface area (Å²) in [5, 5.41) is 0. The van der Waals surface area contributed by atoms with E-state index >= 15 is 0 Å². The van der Waals surface area contributed by atoms with E-state index in [0.29, 0.717) is 0 Å². The smallest absolute Gasteiger partial charge is 0.143 e. The molecule has 1 nitrogen and oxygen atoms in total. The van der Waals surface area contributed by atoms with E-state index in [-0.39, 0.29) is 5.41 Å². The predicted molar refractivity (Wildman–Crippen MR) is 94.7 cm³/mol. The summed E-state index contributed by atoms with van der Waals surface area (Å²) in [5.74, 6) is 0. The molecule has 0 unspecified atom stereocenters. The largest absolute Gasteiger partial charge is 0.299 e. The van der Waals surface area contributed by atoms with Gasteiger partial charge in [0.1, 0.15) is 6.29 Å². The van der Waals surface area contributed by atoms with Gasteiger partial charge in [0.25, 0.3) is 0 Å². The van der Waals surface area contributed by atoms with Gasteiger partial charge in [-0.05, 0) is 61.3 Å². The van der Waals surface area contributed by atoms with Crippen molar-refractivity contribution in [3.63, 3.8) is 0 Å². The second-order valence-corrected chi connectivity index (χ2v) is 6.89. The predicted octanol–water partition coefficient (Wildman–Crippen LogP) is 5.66. The first-order valence-electron chi connectivity index (χ1n) is 8.05. The van der Waals surface area contributed by atoms with Crippen LogP contribution in [0.15, 0.2) is 53.6 Å². The van der Waals surface area contributed by atoms with E-state index in [1.807, 2.05) is 0 Å². The molecule has 0 saturated heterocycles.